The number of thiocarbonyl (C=S) groups is 1. The van der Waals surface area contributed by atoms with Gasteiger partial charge >= 0.3 is 0 Å². The Bertz CT molecular complexity index is 954. The Labute approximate surface area is 170 Å². The SMILES string of the molecule is CCCCCC(=O)NC(=S)Nc1ccc(-c2nc3cc(C)c(C)cc3o2)cc1. The quantitative estimate of drug-likeness (QED) is 0.426. The summed E-state index contributed by atoms with van der Waals surface area (Å²) >= 11 is 5.21. The lowest BCUT2D eigenvalue weighted by atomic mass is 10.1. The maximum atomic E-state index is 11.8. The van der Waals surface area contributed by atoms with Crippen molar-refractivity contribution in [2.24, 2.45) is 0 Å². The monoisotopic (exact) mass is 395 g/mol. The summed E-state index contributed by atoms with van der Waals surface area (Å²) in [6.07, 6.45) is 3.50. The molecular formula is C22H25N3O2S. The minimum absolute atomic E-state index is 0.0559. The zero-order valence-electron chi connectivity index (χ0n) is 16.5. The molecule has 146 valence electrons. The third-order valence-corrected chi connectivity index (χ3v) is 4.86. The number of rotatable bonds is 6. The standard InChI is InChI=1S/C22H25N3O2S/c1-4-5-6-7-20(26)25-22(28)23-17-10-8-16(9-11-17)21-24-18-12-14(2)15(3)13-19(18)27-21/h8-13H,4-7H2,1-3H3,(H2,23,25,26,28). The van der Waals surface area contributed by atoms with E-state index < -0.39 is 0 Å². The van der Waals surface area contributed by atoms with Crippen molar-refractivity contribution in [1.29, 1.82) is 0 Å². The molecule has 0 saturated heterocycles. The van der Waals surface area contributed by atoms with Crippen molar-refractivity contribution in [3.8, 4) is 11.5 Å². The fourth-order valence-corrected chi connectivity index (χ4v) is 3.12. The van der Waals surface area contributed by atoms with Crippen LogP contribution in [0, 0.1) is 13.8 Å². The number of anilines is 1. The Morgan fingerprint density at radius 3 is 2.54 bits per heavy atom. The lowest BCUT2D eigenvalue weighted by molar-refractivity contribution is -0.119. The van der Waals surface area contributed by atoms with Crippen molar-refractivity contribution >= 4 is 40.0 Å². The number of unbranched alkanes of at least 4 members (excludes halogenated alkanes) is 2. The average Bonchev–Trinajstić information content (AvgIpc) is 3.05. The third kappa shape index (κ3) is 4.95. The number of amides is 1. The van der Waals surface area contributed by atoms with Crippen molar-refractivity contribution in [3.05, 3.63) is 47.5 Å². The Kier molecular flexibility index (Phi) is 6.41. The first-order valence-corrected chi connectivity index (χ1v) is 9.96. The number of benzene rings is 2. The molecule has 0 atom stereocenters. The van der Waals surface area contributed by atoms with Crippen LogP contribution in [-0.2, 0) is 4.79 Å². The number of aromatic nitrogens is 1. The number of aryl methyl sites for hydroxylation is 2. The molecule has 0 saturated carbocycles. The summed E-state index contributed by atoms with van der Waals surface area (Å²) in [6, 6.07) is 11.7. The minimum atomic E-state index is -0.0559. The first kappa shape index (κ1) is 20.0. The van der Waals surface area contributed by atoms with Gasteiger partial charge in [0.2, 0.25) is 11.8 Å². The number of carbonyl (C=O) groups excluding carboxylic acids is 1. The first-order chi connectivity index (χ1) is 13.5. The zero-order chi connectivity index (χ0) is 20.1. The minimum Gasteiger partial charge on any atom is -0.436 e. The van der Waals surface area contributed by atoms with E-state index in [1.165, 1.54) is 11.1 Å². The van der Waals surface area contributed by atoms with Gasteiger partial charge < -0.3 is 15.1 Å². The molecule has 1 aromatic heterocycles. The van der Waals surface area contributed by atoms with Gasteiger partial charge in [0.05, 0.1) is 0 Å². The van der Waals surface area contributed by atoms with E-state index in [4.69, 9.17) is 16.6 Å². The predicted octanol–water partition coefficient (Wildman–Crippen LogP) is 5.50. The highest BCUT2D eigenvalue weighted by Crippen LogP contribution is 2.27. The van der Waals surface area contributed by atoms with E-state index in [-0.39, 0.29) is 5.91 Å². The molecular weight excluding hydrogens is 370 g/mol. The summed E-state index contributed by atoms with van der Waals surface area (Å²) in [5.74, 6) is 0.526. The molecule has 3 aromatic rings. The van der Waals surface area contributed by atoms with Gasteiger partial charge in [0.15, 0.2) is 10.7 Å². The molecule has 1 heterocycles. The largest absolute Gasteiger partial charge is 0.436 e. The molecule has 0 radical (unpaired) electrons. The molecule has 5 nitrogen and oxygen atoms in total. The van der Waals surface area contributed by atoms with Gasteiger partial charge in [0, 0.05) is 17.7 Å². The summed E-state index contributed by atoms with van der Waals surface area (Å²) in [5, 5.41) is 6.05. The number of nitrogens with one attached hydrogen (secondary N) is 2. The number of hydrogen-bond acceptors (Lipinski definition) is 4. The summed E-state index contributed by atoms with van der Waals surface area (Å²) < 4.78 is 5.90. The third-order valence-electron chi connectivity index (χ3n) is 4.65. The Morgan fingerprint density at radius 2 is 1.82 bits per heavy atom. The summed E-state index contributed by atoms with van der Waals surface area (Å²) in [6.45, 7) is 6.23. The fraction of sp³-hybridized carbons (Fsp3) is 0.318. The lowest BCUT2D eigenvalue weighted by Crippen LogP contribution is -2.33. The van der Waals surface area contributed by atoms with E-state index in [9.17, 15) is 4.79 Å². The molecule has 0 bridgehead atoms. The van der Waals surface area contributed by atoms with E-state index in [1.807, 2.05) is 36.4 Å². The molecule has 28 heavy (non-hydrogen) atoms. The topological polar surface area (TPSA) is 67.2 Å². The van der Waals surface area contributed by atoms with Crippen LogP contribution in [0.4, 0.5) is 5.69 Å². The van der Waals surface area contributed by atoms with Crippen LogP contribution < -0.4 is 10.6 Å². The van der Waals surface area contributed by atoms with E-state index in [0.29, 0.717) is 17.4 Å². The van der Waals surface area contributed by atoms with Gasteiger partial charge in [-0.25, -0.2) is 4.98 Å². The number of hydrogen-bond donors (Lipinski definition) is 2. The van der Waals surface area contributed by atoms with Crippen LogP contribution in [0.1, 0.15) is 43.7 Å². The lowest BCUT2D eigenvalue weighted by Gasteiger charge is -2.09. The van der Waals surface area contributed by atoms with Crippen molar-refractivity contribution in [3.63, 3.8) is 0 Å². The molecule has 0 spiro atoms. The van der Waals surface area contributed by atoms with Crippen LogP contribution in [0.3, 0.4) is 0 Å². The highest BCUT2D eigenvalue weighted by Gasteiger charge is 2.10. The number of carbonyl (C=O) groups is 1. The molecule has 1 amide bonds. The van der Waals surface area contributed by atoms with Gasteiger partial charge in [-0.05, 0) is 80.0 Å². The van der Waals surface area contributed by atoms with Crippen LogP contribution >= 0.6 is 12.2 Å². The van der Waals surface area contributed by atoms with Gasteiger partial charge in [0.1, 0.15) is 5.52 Å². The summed E-state index contributed by atoms with van der Waals surface area (Å²) in [4.78, 5) is 16.4. The van der Waals surface area contributed by atoms with Crippen LogP contribution in [0.25, 0.3) is 22.6 Å². The highest BCUT2D eigenvalue weighted by atomic mass is 32.1. The second-order valence-corrected chi connectivity index (χ2v) is 7.37. The summed E-state index contributed by atoms with van der Waals surface area (Å²) in [7, 11) is 0. The predicted molar refractivity (Wildman–Crippen MR) is 117 cm³/mol. The number of fused-ring (bicyclic) bond motifs is 1. The Hall–Kier alpha value is -2.73. The van der Waals surface area contributed by atoms with Crippen molar-refractivity contribution in [1.82, 2.24) is 10.3 Å². The normalized spacial score (nSPS) is 10.8. The van der Waals surface area contributed by atoms with Gasteiger partial charge in [0.25, 0.3) is 0 Å². The van der Waals surface area contributed by atoms with Crippen molar-refractivity contribution in [2.45, 2.75) is 46.5 Å². The molecule has 2 N–H and O–H groups in total. The Balaban J connectivity index is 1.63. The molecule has 0 aliphatic rings. The maximum absolute atomic E-state index is 11.8. The zero-order valence-corrected chi connectivity index (χ0v) is 17.3. The smallest absolute Gasteiger partial charge is 0.227 e. The van der Waals surface area contributed by atoms with Gasteiger partial charge in [-0.2, -0.15) is 0 Å². The van der Waals surface area contributed by atoms with Crippen molar-refractivity contribution in [2.75, 3.05) is 5.32 Å². The molecule has 0 aliphatic carbocycles. The van der Waals surface area contributed by atoms with Gasteiger partial charge in [-0.1, -0.05) is 19.8 Å². The molecule has 0 fully saturated rings. The second kappa shape index (κ2) is 8.97. The first-order valence-electron chi connectivity index (χ1n) is 9.55. The van der Waals surface area contributed by atoms with E-state index in [0.717, 1.165) is 41.6 Å². The summed E-state index contributed by atoms with van der Waals surface area (Å²) in [5.41, 5.74) is 5.69. The van der Waals surface area contributed by atoms with Crippen LogP contribution in [0.2, 0.25) is 0 Å². The van der Waals surface area contributed by atoms with E-state index in [2.05, 4.69) is 36.4 Å². The van der Waals surface area contributed by atoms with E-state index in [1.54, 1.807) is 0 Å². The van der Waals surface area contributed by atoms with Crippen molar-refractivity contribution < 1.29 is 9.21 Å². The second-order valence-electron chi connectivity index (χ2n) is 6.96. The van der Waals surface area contributed by atoms with Crippen LogP contribution in [0.15, 0.2) is 40.8 Å². The maximum Gasteiger partial charge on any atom is 0.227 e. The Morgan fingerprint density at radius 1 is 1.11 bits per heavy atom. The highest BCUT2D eigenvalue weighted by molar-refractivity contribution is 7.80. The molecule has 0 unspecified atom stereocenters. The van der Waals surface area contributed by atoms with E-state index >= 15 is 0 Å². The molecule has 3 rings (SSSR count). The molecule has 6 heteroatoms. The van der Waals surface area contributed by atoms with Crippen LogP contribution in [0.5, 0.6) is 0 Å². The average molecular weight is 396 g/mol. The van der Waals surface area contributed by atoms with Gasteiger partial charge in [-0.3, -0.25) is 4.79 Å². The van der Waals surface area contributed by atoms with Gasteiger partial charge in [-0.15, -0.1) is 0 Å². The number of nitrogens with zero attached hydrogens (tertiary/aromatic N) is 1. The van der Waals surface area contributed by atoms with Crippen LogP contribution in [-0.4, -0.2) is 16.0 Å². The number of oxazole rings is 1. The fourth-order valence-electron chi connectivity index (χ4n) is 2.89. The molecule has 0 aliphatic heterocycles. The molecule has 2 aromatic carbocycles.